The zero-order valence-corrected chi connectivity index (χ0v) is 18.1. The van der Waals surface area contributed by atoms with Gasteiger partial charge in [-0.1, -0.05) is 24.3 Å². The molecule has 1 heterocycles. The smallest absolute Gasteiger partial charge is 0.222 e. The van der Waals surface area contributed by atoms with Crippen LogP contribution in [0, 0.1) is 0 Å². The summed E-state index contributed by atoms with van der Waals surface area (Å²) in [6.07, 6.45) is 2.63. The van der Waals surface area contributed by atoms with Crippen LogP contribution in [0.3, 0.4) is 0 Å². The first-order valence-corrected chi connectivity index (χ1v) is 9.10. The Bertz CT molecular complexity index is 563. The van der Waals surface area contributed by atoms with Gasteiger partial charge in [-0.2, -0.15) is 0 Å². The number of ether oxygens (including phenoxy) is 1. The number of hydrogen-bond donors (Lipinski definition) is 2. The van der Waals surface area contributed by atoms with E-state index in [0.717, 1.165) is 51.6 Å². The number of amides is 1. The van der Waals surface area contributed by atoms with Crippen LogP contribution in [0.4, 0.5) is 0 Å². The normalized spacial score (nSPS) is 14.3. The molecule has 1 aromatic rings. The maximum Gasteiger partial charge on any atom is 0.222 e. The number of aliphatic imine (C=N–C) groups is 1. The fourth-order valence-corrected chi connectivity index (χ4v) is 2.79. The van der Waals surface area contributed by atoms with E-state index < -0.39 is 0 Å². The van der Waals surface area contributed by atoms with E-state index in [4.69, 9.17) is 4.74 Å². The van der Waals surface area contributed by atoms with Crippen molar-refractivity contribution in [2.75, 3.05) is 33.4 Å². The quantitative estimate of drug-likeness (QED) is 0.250. The molecule has 0 aliphatic carbocycles. The molecule has 6 nitrogen and oxygen atoms in total. The minimum atomic E-state index is 0. The van der Waals surface area contributed by atoms with Gasteiger partial charge < -0.3 is 20.3 Å². The third kappa shape index (κ3) is 7.90. The van der Waals surface area contributed by atoms with E-state index in [9.17, 15) is 4.79 Å². The Hall–Kier alpha value is -1.35. The van der Waals surface area contributed by atoms with Gasteiger partial charge in [0.2, 0.25) is 5.91 Å². The zero-order chi connectivity index (χ0) is 17.9. The SMILES string of the molecule is CCOCCCNC(=NC)NCc1ccc(CN2CCCC2=O)cc1.I. The number of likely N-dealkylation sites (tertiary alicyclic amines) is 1. The first-order chi connectivity index (χ1) is 12.2. The molecule has 2 N–H and O–H groups in total. The third-order valence-electron chi connectivity index (χ3n) is 4.21. The van der Waals surface area contributed by atoms with Crippen molar-refractivity contribution in [2.24, 2.45) is 4.99 Å². The van der Waals surface area contributed by atoms with Crippen LogP contribution in [-0.2, 0) is 22.6 Å². The monoisotopic (exact) mass is 474 g/mol. The van der Waals surface area contributed by atoms with E-state index in [2.05, 4.69) is 39.9 Å². The first kappa shape index (κ1) is 22.7. The Morgan fingerprint density at radius 1 is 1.23 bits per heavy atom. The molecule has 0 saturated carbocycles. The zero-order valence-electron chi connectivity index (χ0n) is 15.8. The Morgan fingerprint density at radius 3 is 2.58 bits per heavy atom. The highest BCUT2D eigenvalue weighted by Gasteiger charge is 2.19. The summed E-state index contributed by atoms with van der Waals surface area (Å²) >= 11 is 0. The number of nitrogens with zero attached hydrogens (tertiary/aromatic N) is 2. The third-order valence-corrected chi connectivity index (χ3v) is 4.21. The second-order valence-corrected chi connectivity index (χ2v) is 6.14. The molecule has 1 aliphatic rings. The molecule has 1 aliphatic heterocycles. The van der Waals surface area contributed by atoms with E-state index in [1.807, 2.05) is 11.8 Å². The molecular formula is C19H31IN4O2. The van der Waals surface area contributed by atoms with Crippen LogP contribution in [0.25, 0.3) is 0 Å². The van der Waals surface area contributed by atoms with Crippen molar-refractivity contribution >= 4 is 35.8 Å². The molecule has 1 fully saturated rings. The lowest BCUT2D eigenvalue weighted by Gasteiger charge is -2.16. The average molecular weight is 474 g/mol. The minimum Gasteiger partial charge on any atom is -0.382 e. The van der Waals surface area contributed by atoms with Crippen LogP contribution in [-0.4, -0.2) is 50.1 Å². The van der Waals surface area contributed by atoms with E-state index in [1.54, 1.807) is 7.05 Å². The fraction of sp³-hybridized carbons (Fsp3) is 0.579. The van der Waals surface area contributed by atoms with Gasteiger partial charge in [0, 0.05) is 52.9 Å². The Labute approximate surface area is 173 Å². The molecule has 0 atom stereocenters. The van der Waals surface area contributed by atoms with E-state index in [0.29, 0.717) is 13.0 Å². The number of carbonyl (C=O) groups is 1. The predicted octanol–water partition coefficient (Wildman–Crippen LogP) is 2.52. The van der Waals surface area contributed by atoms with Gasteiger partial charge in [0.05, 0.1) is 0 Å². The van der Waals surface area contributed by atoms with Crippen LogP contribution in [0.5, 0.6) is 0 Å². The molecule has 0 aromatic heterocycles. The van der Waals surface area contributed by atoms with Gasteiger partial charge in [-0.05, 0) is 30.9 Å². The molecule has 1 amide bonds. The molecule has 26 heavy (non-hydrogen) atoms. The summed E-state index contributed by atoms with van der Waals surface area (Å²) in [6, 6.07) is 8.40. The highest BCUT2D eigenvalue weighted by molar-refractivity contribution is 14.0. The number of hydrogen-bond acceptors (Lipinski definition) is 3. The van der Waals surface area contributed by atoms with Crippen LogP contribution in [0.2, 0.25) is 0 Å². The summed E-state index contributed by atoms with van der Waals surface area (Å²) in [7, 11) is 1.77. The Morgan fingerprint density at radius 2 is 1.96 bits per heavy atom. The van der Waals surface area contributed by atoms with E-state index in [-0.39, 0.29) is 29.9 Å². The summed E-state index contributed by atoms with van der Waals surface area (Å²) in [5.74, 6) is 1.06. The molecule has 0 unspecified atom stereocenters. The molecule has 7 heteroatoms. The molecule has 1 saturated heterocycles. The van der Waals surface area contributed by atoms with Gasteiger partial charge >= 0.3 is 0 Å². The highest BCUT2D eigenvalue weighted by atomic mass is 127. The minimum absolute atomic E-state index is 0. The molecule has 0 radical (unpaired) electrons. The molecule has 0 bridgehead atoms. The highest BCUT2D eigenvalue weighted by Crippen LogP contribution is 2.14. The summed E-state index contributed by atoms with van der Waals surface area (Å²) in [5.41, 5.74) is 2.37. The molecular weight excluding hydrogens is 443 g/mol. The van der Waals surface area contributed by atoms with Gasteiger partial charge in [0.25, 0.3) is 0 Å². The summed E-state index contributed by atoms with van der Waals surface area (Å²) in [5, 5.41) is 6.59. The van der Waals surface area contributed by atoms with Crippen molar-refractivity contribution < 1.29 is 9.53 Å². The second kappa shape index (κ2) is 12.9. The lowest BCUT2D eigenvalue weighted by atomic mass is 10.1. The topological polar surface area (TPSA) is 66.0 Å². The van der Waals surface area contributed by atoms with Crippen molar-refractivity contribution in [1.29, 1.82) is 0 Å². The molecule has 0 spiro atoms. The number of halogens is 1. The van der Waals surface area contributed by atoms with Gasteiger partial charge in [-0.3, -0.25) is 9.79 Å². The molecule has 2 rings (SSSR count). The van der Waals surface area contributed by atoms with Crippen LogP contribution >= 0.6 is 24.0 Å². The van der Waals surface area contributed by atoms with Crippen molar-refractivity contribution in [2.45, 2.75) is 39.3 Å². The standard InChI is InChI=1S/C19H30N4O2.HI/c1-3-25-13-5-11-21-19(20-2)22-14-16-7-9-17(10-8-16)15-23-12-4-6-18(23)24;/h7-10H,3-6,11-15H2,1-2H3,(H2,20,21,22);1H. The van der Waals surface area contributed by atoms with Gasteiger partial charge in [-0.15, -0.1) is 24.0 Å². The number of benzene rings is 1. The van der Waals surface area contributed by atoms with E-state index >= 15 is 0 Å². The summed E-state index contributed by atoms with van der Waals surface area (Å²) in [4.78, 5) is 17.8. The van der Waals surface area contributed by atoms with E-state index in [1.165, 1.54) is 11.1 Å². The van der Waals surface area contributed by atoms with Crippen LogP contribution < -0.4 is 10.6 Å². The van der Waals surface area contributed by atoms with Gasteiger partial charge in [-0.25, -0.2) is 0 Å². The Kier molecular flexibility index (Phi) is 11.3. The average Bonchev–Trinajstić information content (AvgIpc) is 3.03. The van der Waals surface area contributed by atoms with Gasteiger partial charge in [0.1, 0.15) is 0 Å². The second-order valence-electron chi connectivity index (χ2n) is 6.14. The number of rotatable bonds is 9. The molecule has 1 aromatic carbocycles. The van der Waals surface area contributed by atoms with Crippen LogP contribution in [0.1, 0.15) is 37.3 Å². The van der Waals surface area contributed by atoms with Crippen molar-refractivity contribution in [3.05, 3.63) is 35.4 Å². The summed E-state index contributed by atoms with van der Waals surface area (Å²) in [6.45, 7) is 6.68. The maximum atomic E-state index is 11.7. The van der Waals surface area contributed by atoms with Crippen molar-refractivity contribution in [1.82, 2.24) is 15.5 Å². The summed E-state index contributed by atoms with van der Waals surface area (Å²) < 4.78 is 5.32. The van der Waals surface area contributed by atoms with Crippen molar-refractivity contribution in [3.8, 4) is 0 Å². The van der Waals surface area contributed by atoms with Crippen molar-refractivity contribution in [3.63, 3.8) is 0 Å². The number of guanidine groups is 1. The lowest BCUT2D eigenvalue weighted by Crippen LogP contribution is -2.37. The van der Waals surface area contributed by atoms with Crippen LogP contribution in [0.15, 0.2) is 29.3 Å². The predicted molar refractivity (Wildman–Crippen MR) is 116 cm³/mol. The maximum absolute atomic E-state index is 11.7. The number of nitrogens with one attached hydrogen (secondary N) is 2. The largest absolute Gasteiger partial charge is 0.382 e. The molecule has 146 valence electrons. The van der Waals surface area contributed by atoms with Gasteiger partial charge in [0.15, 0.2) is 5.96 Å². The number of carbonyl (C=O) groups excluding carboxylic acids is 1. The fourth-order valence-electron chi connectivity index (χ4n) is 2.79. The lowest BCUT2D eigenvalue weighted by molar-refractivity contribution is -0.128. The Balaban J connectivity index is 0.00000338. The first-order valence-electron chi connectivity index (χ1n) is 9.10.